The fourth-order valence-corrected chi connectivity index (χ4v) is 1.28. The van der Waals surface area contributed by atoms with Crippen molar-refractivity contribution in [1.82, 2.24) is 0 Å². The van der Waals surface area contributed by atoms with Crippen molar-refractivity contribution < 1.29 is 24.6 Å². The van der Waals surface area contributed by atoms with Gasteiger partial charge in [-0.05, 0) is 11.3 Å². The lowest BCUT2D eigenvalue weighted by molar-refractivity contribution is -0.134. The molecule has 6 nitrogen and oxygen atoms in total. The van der Waals surface area contributed by atoms with E-state index >= 15 is 0 Å². The lowest BCUT2D eigenvalue weighted by Crippen LogP contribution is -2.28. The van der Waals surface area contributed by atoms with Crippen LogP contribution in [-0.2, 0) is 14.4 Å². The van der Waals surface area contributed by atoms with Crippen LogP contribution in [0.15, 0.2) is 41.4 Å². The highest BCUT2D eigenvalue weighted by Gasteiger charge is 2.00. The van der Waals surface area contributed by atoms with Gasteiger partial charge in [0.25, 0.3) is 0 Å². The Morgan fingerprint density at radius 1 is 1.11 bits per heavy atom. The summed E-state index contributed by atoms with van der Waals surface area (Å²) in [4.78, 5) is 33.8. The van der Waals surface area contributed by atoms with E-state index in [-0.39, 0.29) is 5.91 Å². The number of nitrogens with zero attached hydrogens (tertiary/aromatic N) is 1. The maximum atomic E-state index is 10.8. The van der Waals surface area contributed by atoms with Crippen molar-refractivity contribution in [2.24, 2.45) is 4.99 Å². The molecule has 0 saturated carbocycles. The molecule has 0 radical (unpaired) electrons. The van der Waals surface area contributed by atoms with Crippen molar-refractivity contribution in [2.45, 2.75) is 6.42 Å². The van der Waals surface area contributed by atoms with Gasteiger partial charge in [0.05, 0.1) is 5.36 Å². The predicted octanol–water partition coefficient (Wildman–Crippen LogP) is -0.271. The molecular formula is C13H11NO5. The van der Waals surface area contributed by atoms with Crippen molar-refractivity contribution in [2.75, 3.05) is 0 Å². The summed E-state index contributed by atoms with van der Waals surface area (Å²) < 4.78 is 0. The van der Waals surface area contributed by atoms with Crippen LogP contribution in [0.3, 0.4) is 0 Å². The molecule has 0 aromatic heterocycles. The first-order valence-corrected chi connectivity index (χ1v) is 5.30. The summed E-state index contributed by atoms with van der Waals surface area (Å²) in [5.74, 6) is -2.57. The number of carbonyl (C=O) groups excluding carboxylic acids is 1. The highest BCUT2D eigenvalue weighted by molar-refractivity contribution is 5.89. The standard InChI is InChI=1S/C9H7NO.C4H4O4/c11-9-6-5-7-3-1-2-4-8(7)10-9;5-3(6)1-2-4(7)8/h1-5H,6H2;1-2H,(H,5,6)(H,7,8)/b;2-1-. The third kappa shape index (κ3) is 5.40. The normalized spacial score (nSPS) is 12.5. The Morgan fingerprint density at radius 2 is 1.68 bits per heavy atom. The first-order chi connectivity index (χ1) is 8.99. The summed E-state index contributed by atoms with van der Waals surface area (Å²) in [5.41, 5.74) is 0. The molecule has 0 aliphatic carbocycles. The number of hydrogen-bond acceptors (Lipinski definition) is 3. The van der Waals surface area contributed by atoms with Gasteiger partial charge in [0.15, 0.2) is 0 Å². The third-order valence-corrected chi connectivity index (χ3v) is 2.05. The zero-order valence-corrected chi connectivity index (χ0v) is 9.81. The third-order valence-electron chi connectivity index (χ3n) is 2.05. The molecular weight excluding hydrogens is 250 g/mol. The molecule has 2 N–H and O–H groups in total. The number of fused-ring (bicyclic) bond motifs is 1. The molecule has 0 spiro atoms. The molecule has 1 heterocycles. The maximum Gasteiger partial charge on any atom is 0.328 e. The molecule has 1 aromatic rings. The SMILES string of the molecule is O=C(O)/C=C\C(=O)O.O=C1CC=c2ccccc2=N1. The monoisotopic (exact) mass is 261 g/mol. The fraction of sp³-hybridized carbons (Fsp3) is 0.0769. The van der Waals surface area contributed by atoms with Crippen LogP contribution in [0.5, 0.6) is 0 Å². The molecule has 0 atom stereocenters. The number of hydrogen-bond donors (Lipinski definition) is 2. The number of aliphatic carboxylic acids is 2. The number of carbonyl (C=O) groups is 3. The minimum absolute atomic E-state index is 0.0521. The Labute approximate surface area is 108 Å². The lowest BCUT2D eigenvalue weighted by Gasteiger charge is -1.95. The number of carboxylic acid groups (broad SMARTS) is 2. The van der Waals surface area contributed by atoms with Gasteiger partial charge in [-0.25, -0.2) is 14.6 Å². The zero-order chi connectivity index (χ0) is 14.3. The van der Waals surface area contributed by atoms with E-state index in [1.54, 1.807) is 0 Å². The van der Waals surface area contributed by atoms with E-state index in [4.69, 9.17) is 10.2 Å². The van der Waals surface area contributed by atoms with Gasteiger partial charge in [0.1, 0.15) is 0 Å². The van der Waals surface area contributed by atoms with Crippen LogP contribution in [0.4, 0.5) is 0 Å². The van der Waals surface area contributed by atoms with Crippen LogP contribution >= 0.6 is 0 Å². The quantitative estimate of drug-likeness (QED) is 0.713. The smallest absolute Gasteiger partial charge is 0.328 e. The molecule has 0 unspecified atom stereocenters. The van der Waals surface area contributed by atoms with Gasteiger partial charge in [0, 0.05) is 18.6 Å². The Bertz CT molecular complexity index is 629. The second-order valence-corrected chi connectivity index (χ2v) is 3.48. The second-order valence-electron chi connectivity index (χ2n) is 3.48. The van der Waals surface area contributed by atoms with Crippen LogP contribution < -0.4 is 10.6 Å². The van der Waals surface area contributed by atoms with E-state index in [1.165, 1.54) is 0 Å². The van der Waals surface area contributed by atoms with Crippen LogP contribution in [0.25, 0.3) is 6.08 Å². The first-order valence-electron chi connectivity index (χ1n) is 5.30. The molecule has 1 amide bonds. The number of para-hydroxylation sites is 1. The van der Waals surface area contributed by atoms with Crippen LogP contribution in [0.1, 0.15) is 6.42 Å². The Kier molecular flexibility index (Phi) is 5.16. The van der Waals surface area contributed by atoms with Crippen LogP contribution in [0, 0.1) is 0 Å². The summed E-state index contributed by atoms with van der Waals surface area (Å²) in [6, 6.07) is 7.64. The fourth-order valence-electron chi connectivity index (χ4n) is 1.28. The molecule has 98 valence electrons. The van der Waals surface area contributed by atoms with E-state index < -0.39 is 11.9 Å². The van der Waals surface area contributed by atoms with Gasteiger partial charge in [0.2, 0.25) is 5.91 Å². The average Bonchev–Trinajstić information content (AvgIpc) is 2.37. The van der Waals surface area contributed by atoms with E-state index in [9.17, 15) is 14.4 Å². The van der Waals surface area contributed by atoms with E-state index in [2.05, 4.69) is 4.99 Å². The van der Waals surface area contributed by atoms with Crippen molar-refractivity contribution in [1.29, 1.82) is 0 Å². The molecule has 1 aromatic carbocycles. The Balaban J connectivity index is 0.000000203. The van der Waals surface area contributed by atoms with Gasteiger partial charge in [-0.3, -0.25) is 4.79 Å². The van der Waals surface area contributed by atoms with Gasteiger partial charge < -0.3 is 10.2 Å². The minimum Gasteiger partial charge on any atom is -0.478 e. The number of amides is 1. The topological polar surface area (TPSA) is 104 Å². The summed E-state index contributed by atoms with van der Waals surface area (Å²) >= 11 is 0. The lowest BCUT2D eigenvalue weighted by atomic mass is 10.2. The molecule has 0 saturated heterocycles. The van der Waals surface area contributed by atoms with E-state index in [1.807, 2.05) is 30.3 Å². The summed E-state index contributed by atoms with van der Waals surface area (Å²) in [7, 11) is 0. The van der Waals surface area contributed by atoms with Gasteiger partial charge in [-0.1, -0.05) is 24.3 Å². The Hall–Kier alpha value is -2.76. The van der Waals surface area contributed by atoms with Gasteiger partial charge >= 0.3 is 11.9 Å². The largest absolute Gasteiger partial charge is 0.478 e. The van der Waals surface area contributed by atoms with Crippen molar-refractivity contribution in [3.05, 3.63) is 47.0 Å². The zero-order valence-electron chi connectivity index (χ0n) is 9.81. The van der Waals surface area contributed by atoms with Gasteiger partial charge in [-0.15, -0.1) is 0 Å². The van der Waals surface area contributed by atoms with Crippen LogP contribution in [0.2, 0.25) is 0 Å². The van der Waals surface area contributed by atoms with E-state index in [0.717, 1.165) is 10.6 Å². The molecule has 1 aliphatic rings. The molecule has 19 heavy (non-hydrogen) atoms. The first kappa shape index (κ1) is 14.3. The predicted molar refractivity (Wildman–Crippen MR) is 65.7 cm³/mol. The van der Waals surface area contributed by atoms with Crippen molar-refractivity contribution >= 4 is 23.9 Å². The van der Waals surface area contributed by atoms with E-state index in [0.29, 0.717) is 18.6 Å². The molecule has 1 aliphatic heterocycles. The number of carboxylic acids is 2. The molecule has 6 heteroatoms. The maximum absolute atomic E-state index is 10.8. The molecule has 0 fully saturated rings. The highest BCUT2D eigenvalue weighted by atomic mass is 16.4. The van der Waals surface area contributed by atoms with Crippen LogP contribution in [-0.4, -0.2) is 28.1 Å². The number of benzene rings is 1. The number of rotatable bonds is 2. The highest BCUT2D eigenvalue weighted by Crippen LogP contribution is 1.88. The average molecular weight is 261 g/mol. The second kappa shape index (κ2) is 6.85. The summed E-state index contributed by atoms with van der Waals surface area (Å²) in [6.07, 6.45) is 3.46. The van der Waals surface area contributed by atoms with Crippen molar-refractivity contribution in [3.63, 3.8) is 0 Å². The van der Waals surface area contributed by atoms with Crippen molar-refractivity contribution in [3.8, 4) is 0 Å². The molecule has 0 bridgehead atoms. The minimum atomic E-state index is -1.26. The summed E-state index contributed by atoms with van der Waals surface area (Å²) in [6.45, 7) is 0. The Morgan fingerprint density at radius 3 is 2.26 bits per heavy atom. The summed E-state index contributed by atoms with van der Waals surface area (Å²) in [5, 5.41) is 17.5. The van der Waals surface area contributed by atoms with Gasteiger partial charge in [-0.2, -0.15) is 0 Å². The molecule has 2 rings (SSSR count).